The van der Waals surface area contributed by atoms with Gasteiger partial charge in [-0.15, -0.1) is 0 Å². The largest absolute Gasteiger partial charge is 0.480 e. The van der Waals surface area contributed by atoms with Crippen molar-refractivity contribution >= 4 is 21.9 Å². The van der Waals surface area contributed by atoms with Crippen LogP contribution >= 0.6 is 15.9 Å². The number of carboxylic acids is 1. The highest BCUT2D eigenvalue weighted by molar-refractivity contribution is 9.10. The average molecular weight is 260 g/mol. The maximum atomic E-state index is 11.4. The van der Waals surface area contributed by atoms with Gasteiger partial charge in [-0.25, -0.2) is 4.79 Å². The molecule has 5 heteroatoms. The molecule has 1 rings (SSSR count). The molecule has 1 unspecified atom stereocenters. The molecule has 0 saturated carbocycles. The molecule has 1 aromatic heterocycles. The fraction of sp³-hybridized carbons (Fsp3) is 0.333. The number of rotatable bonds is 2. The molecule has 0 saturated heterocycles. The number of aryl methyl sites for hydroxylation is 1. The van der Waals surface area contributed by atoms with Crippen molar-refractivity contribution in [3.05, 3.63) is 32.7 Å². The normalized spacial score (nSPS) is 12.5. The Morgan fingerprint density at radius 2 is 2.21 bits per heavy atom. The van der Waals surface area contributed by atoms with Crippen LogP contribution in [0.25, 0.3) is 0 Å². The number of halogens is 1. The molecule has 1 aromatic rings. The summed E-state index contributed by atoms with van der Waals surface area (Å²) in [5, 5.41) is 8.75. The SMILES string of the molecule is Cc1cc(=O)n(C(C)C(=O)O)cc1Br. The van der Waals surface area contributed by atoms with Gasteiger partial charge >= 0.3 is 5.97 Å². The number of carbonyl (C=O) groups is 1. The van der Waals surface area contributed by atoms with E-state index in [1.165, 1.54) is 23.8 Å². The van der Waals surface area contributed by atoms with Crippen LogP contribution in [-0.4, -0.2) is 15.6 Å². The van der Waals surface area contributed by atoms with E-state index in [0.717, 1.165) is 10.0 Å². The minimum Gasteiger partial charge on any atom is -0.480 e. The van der Waals surface area contributed by atoms with Crippen molar-refractivity contribution in [3.8, 4) is 0 Å². The molecule has 14 heavy (non-hydrogen) atoms. The van der Waals surface area contributed by atoms with Crippen LogP contribution in [0.1, 0.15) is 18.5 Å². The molecular formula is C9H10BrNO3. The van der Waals surface area contributed by atoms with Crippen molar-refractivity contribution < 1.29 is 9.90 Å². The van der Waals surface area contributed by atoms with Crippen molar-refractivity contribution in [2.24, 2.45) is 0 Å². The Bertz CT molecular complexity index is 425. The van der Waals surface area contributed by atoms with Crippen LogP contribution in [0.15, 0.2) is 21.5 Å². The number of carboxylic acid groups (broad SMARTS) is 1. The highest BCUT2D eigenvalue weighted by atomic mass is 79.9. The van der Waals surface area contributed by atoms with Gasteiger partial charge in [0, 0.05) is 16.7 Å². The number of aliphatic carboxylic acids is 1. The highest BCUT2D eigenvalue weighted by Gasteiger charge is 2.14. The topological polar surface area (TPSA) is 59.3 Å². The lowest BCUT2D eigenvalue weighted by Gasteiger charge is -2.11. The lowest BCUT2D eigenvalue weighted by molar-refractivity contribution is -0.140. The fourth-order valence-corrected chi connectivity index (χ4v) is 1.37. The number of hydrogen-bond acceptors (Lipinski definition) is 2. The van der Waals surface area contributed by atoms with Crippen molar-refractivity contribution in [2.75, 3.05) is 0 Å². The fourth-order valence-electron chi connectivity index (χ4n) is 1.04. The molecule has 0 amide bonds. The van der Waals surface area contributed by atoms with E-state index in [1.54, 1.807) is 6.92 Å². The molecule has 1 N–H and O–H groups in total. The van der Waals surface area contributed by atoms with Gasteiger partial charge in [0.25, 0.3) is 5.56 Å². The van der Waals surface area contributed by atoms with Gasteiger partial charge in [0.05, 0.1) is 0 Å². The molecule has 76 valence electrons. The first kappa shape index (κ1) is 11.0. The van der Waals surface area contributed by atoms with Gasteiger partial charge in [0.15, 0.2) is 0 Å². The Hall–Kier alpha value is -1.10. The van der Waals surface area contributed by atoms with Crippen LogP contribution in [0.2, 0.25) is 0 Å². The summed E-state index contributed by atoms with van der Waals surface area (Å²) in [4.78, 5) is 22.1. The van der Waals surface area contributed by atoms with Gasteiger partial charge in [0.2, 0.25) is 0 Å². The van der Waals surface area contributed by atoms with E-state index < -0.39 is 12.0 Å². The Morgan fingerprint density at radius 3 is 2.71 bits per heavy atom. The van der Waals surface area contributed by atoms with E-state index in [4.69, 9.17) is 5.11 Å². The zero-order valence-electron chi connectivity index (χ0n) is 7.82. The van der Waals surface area contributed by atoms with Crippen LogP contribution in [0.5, 0.6) is 0 Å². The Labute approximate surface area is 89.3 Å². The van der Waals surface area contributed by atoms with Crippen molar-refractivity contribution in [1.29, 1.82) is 0 Å². The molecule has 0 aliphatic heterocycles. The minimum absolute atomic E-state index is 0.305. The van der Waals surface area contributed by atoms with E-state index in [1.807, 2.05) is 0 Å². The Balaban J connectivity index is 3.29. The summed E-state index contributed by atoms with van der Waals surface area (Å²) < 4.78 is 1.91. The van der Waals surface area contributed by atoms with Gasteiger partial charge in [-0.1, -0.05) is 0 Å². The maximum Gasteiger partial charge on any atom is 0.326 e. The molecular weight excluding hydrogens is 250 g/mol. The summed E-state index contributed by atoms with van der Waals surface area (Å²) in [7, 11) is 0. The second-order valence-electron chi connectivity index (χ2n) is 3.06. The average Bonchev–Trinajstić information content (AvgIpc) is 2.10. The van der Waals surface area contributed by atoms with Crippen molar-refractivity contribution in [1.82, 2.24) is 4.57 Å². The zero-order chi connectivity index (χ0) is 10.9. The quantitative estimate of drug-likeness (QED) is 0.877. The van der Waals surface area contributed by atoms with E-state index in [0.29, 0.717) is 0 Å². The summed E-state index contributed by atoms with van der Waals surface area (Å²) >= 11 is 3.24. The standard InChI is InChI=1S/C9H10BrNO3/c1-5-3-8(12)11(4-7(5)10)6(2)9(13)14/h3-4,6H,1-2H3,(H,13,14). The molecule has 0 bridgehead atoms. The molecule has 1 atom stereocenters. The lowest BCUT2D eigenvalue weighted by atomic mass is 10.2. The van der Waals surface area contributed by atoms with Crippen molar-refractivity contribution in [3.63, 3.8) is 0 Å². The van der Waals surface area contributed by atoms with E-state index in [-0.39, 0.29) is 5.56 Å². The molecule has 0 spiro atoms. The first-order valence-electron chi connectivity index (χ1n) is 4.04. The van der Waals surface area contributed by atoms with Gasteiger partial charge in [-0.05, 0) is 35.3 Å². The monoisotopic (exact) mass is 259 g/mol. The molecule has 0 fully saturated rings. The van der Waals surface area contributed by atoms with Crippen LogP contribution in [0.3, 0.4) is 0 Å². The number of aromatic nitrogens is 1. The predicted molar refractivity (Wildman–Crippen MR) is 55.5 cm³/mol. The highest BCUT2D eigenvalue weighted by Crippen LogP contribution is 2.14. The zero-order valence-corrected chi connectivity index (χ0v) is 9.41. The molecule has 0 aliphatic rings. The third kappa shape index (κ3) is 2.04. The Kier molecular flexibility index (Phi) is 3.10. The van der Waals surface area contributed by atoms with Crippen molar-refractivity contribution in [2.45, 2.75) is 19.9 Å². The predicted octanol–water partition coefficient (Wildman–Crippen LogP) is 1.56. The van der Waals surface area contributed by atoms with Crippen LogP contribution < -0.4 is 5.56 Å². The summed E-state index contributed by atoms with van der Waals surface area (Å²) in [6.45, 7) is 3.24. The van der Waals surface area contributed by atoms with Gasteiger partial charge < -0.3 is 9.67 Å². The smallest absolute Gasteiger partial charge is 0.326 e. The van der Waals surface area contributed by atoms with E-state index >= 15 is 0 Å². The summed E-state index contributed by atoms with van der Waals surface area (Å²) in [6, 6.07) is 0.558. The number of nitrogens with zero attached hydrogens (tertiary/aromatic N) is 1. The summed E-state index contributed by atoms with van der Waals surface area (Å²) in [6.07, 6.45) is 1.50. The minimum atomic E-state index is -1.03. The number of pyridine rings is 1. The first-order valence-corrected chi connectivity index (χ1v) is 4.84. The molecule has 1 heterocycles. The third-order valence-corrected chi connectivity index (χ3v) is 2.83. The third-order valence-electron chi connectivity index (χ3n) is 2.00. The molecule has 0 radical (unpaired) electrons. The summed E-state index contributed by atoms with van der Waals surface area (Å²) in [5.74, 6) is -1.03. The molecule has 0 aromatic carbocycles. The lowest BCUT2D eigenvalue weighted by Crippen LogP contribution is -2.27. The van der Waals surface area contributed by atoms with Crippen LogP contribution in [-0.2, 0) is 4.79 Å². The van der Waals surface area contributed by atoms with E-state index in [9.17, 15) is 9.59 Å². The van der Waals surface area contributed by atoms with E-state index in [2.05, 4.69) is 15.9 Å². The maximum absolute atomic E-state index is 11.4. The van der Waals surface area contributed by atoms with Gasteiger partial charge in [0.1, 0.15) is 6.04 Å². The summed E-state index contributed by atoms with van der Waals surface area (Å²) in [5.41, 5.74) is 0.490. The van der Waals surface area contributed by atoms with Gasteiger partial charge in [-0.2, -0.15) is 0 Å². The molecule has 0 aliphatic carbocycles. The molecule has 4 nitrogen and oxygen atoms in total. The van der Waals surface area contributed by atoms with Gasteiger partial charge in [-0.3, -0.25) is 4.79 Å². The Morgan fingerprint density at radius 1 is 1.64 bits per heavy atom. The first-order chi connectivity index (χ1) is 6.43. The van der Waals surface area contributed by atoms with Crippen LogP contribution in [0.4, 0.5) is 0 Å². The van der Waals surface area contributed by atoms with Crippen LogP contribution in [0, 0.1) is 6.92 Å². The number of hydrogen-bond donors (Lipinski definition) is 1. The second kappa shape index (κ2) is 3.96. The second-order valence-corrected chi connectivity index (χ2v) is 3.92.